The van der Waals surface area contributed by atoms with E-state index >= 15 is 0 Å². The second kappa shape index (κ2) is 43.8. The van der Waals surface area contributed by atoms with Gasteiger partial charge in [0.05, 0.1) is 44.9 Å². The number of fused-ring (bicyclic) bond motifs is 3. The average Bonchev–Trinajstić information content (AvgIpc) is 1.27. The molecule has 109 heavy (non-hydrogen) atoms. The molecule has 0 saturated heterocycles. The van der Waals surface area contributed by atoms with Crippen LogP contribution in [0, 0.1) is 12.3 Å². The number of aromatic nitrogens is 9. The molecule has 0 aliphatic carbocycles. The first-order valence-corrected chi connectivity index (χ1v) is 36.2. The third kappa shape index (κ3) is 32.2. The summed E-state index contributed by atoms with van der Waals surface area (Å²) in [5.74, 6) is 4.21. The van der Waals surface area contributed by atoms with Crippen molar-refractivity contribution in [3.05, 3.63) is 221 Å². The summed E-state index contributed by atoms with van der Waals surface area (Å²) in [6, 6.07) is 40.6. The summed E-state index contributed by atoms with van der Waals surface area (Å²) in [6.07, 6.45) is 20.7. The summed E-state index contributed by atoms with van der Waals surface area (Å²) < 4.78 is 28.8. The number of nitrogens with one attached hydrogen (secondary N) is 4. The Balaban J connectivity index is 0.000000239. The van der Waals surface area contributed by atoms with Crippen LogP contribution in [0.15, 0.2) is 176 Å². The number of amides is 3. The molecule has 0 bridgehead atoms. The molecule has 0 aliphatic rings. The molecule has 0 unspecified atom stereocenters. The number of halogens is 1. The van der Waals surface area contributed by atoms with Crippen LogP contribution < -0.4 is 25.4 Å². The second-order valence-electron chi connectivity index (χ2n) is 29.2. The highest BCUT2D eigenvalue weighted by Crippen LogP contribution is 2.21. The van der Waals surface area contributed by atoms with Gasteiger partial charge in [0.2, 0.25) is 0 Å². The predicted molar refractivity (Wildman–Crippen MR) is 430 cm³/mol. The van der Waals surface area contributed by atoms with Crippen molar-refractivity contribution in [1.82, 2.24) is 76.0 Å². The van der Waals surface area contributed by atoms with Gasteiger partial charge in [-0.05, 0) is 193 Å². The monoisotopic (exact) mass is 1510 g/mol. The van der Waals surface area contributed by atoms with Gasteiger partial charge in [-0.3, -0.25) is 15.0 Å². The molecular weight excluding hydrogens is 1400 g/mol. The van der Waals surface area contributed by atoms with Gasteiger partial charge in [-0.25, -0.2) is 19.1 Å². The highest BCUT2D eigenvalue weighted by atomic mass is 35.5. The van der Waals surface area contributed by atoms with Crippen molar-refractivity contribution < 1.29 is 38.1 Å². The molecule has 0 fully saturated rings. The number of hydrogen-bond donors (Lipinski definition) is 4. The lowest BCUT2D eigenvalue weighted by atomic mass is 10.1. The van der Waals surface area contributed by atoms with Crippen LogP contribution in [-0.4, -0.2) is 167 Å². The van der Waals surface area contributed by atoms with Crippen LogP contribution in [0.5, 0.6) is 11.5 Å². The zero-order valence-electron chi connectivity index (χ0n) is 65.3. The van der Waals surface area contributed by atoms with E-state index in [0.717, 1.165) is 62.1 Å². The molecule has 27 heteroatoms. The third-order valence-electron chi connectivity index (χ3n) is 16.3. The van der Waals surface area contributed by atoms with Crippen molar-refractivity contribution in [1.29, 1.82) is 0 Å². The van der Waals surface area contributed by atoms with E-state index < -0.39 is 16.8 Å². The molecule has 0 spiro atoms. The molecule has 580 valence electrons. The largest absolute Gasteiger partial charge is 0.497 e. The van der Waals surface area contributed by atoms with Crippen molar-refractivity contribution in [3.8, 4) is 23.8 Å². The van der Waals surface area contributed by atoms with Gasteiger partial charge in [0, 0.05) is 161 Å². The smallest absolute Gasteiger partial charge is 0.410 e. The molecule has 4 N–H and O–H groups in total. The molecule has 0 radical (unpaired) electrons. The number of terminal acetylenes is 1. The molecule has 0 aliphatic heterocycles. The zero-order valence-corrected chi connectivity index (χ0v) is 66.1. The minimum Gasteiger partial charge on any atom is -0.497 e. The van der Waals surface area contributed by atoms with Gasteiger partial charge < -0.3 is 54.3 Å². The van der Waals surface area contributed by atoms with Gasteiger partial charge in [-0.1, -0.05) is 71.0 Å². The lowest BCUT2D eigenvalue weighted by Gasteiger charge is -2.29. The van der Waals surface area contributed by atoms with Crippen molar-refractivity contribution in [3.63, 3.8) is 0 Å². The summed E-state index contributed by atoms with van der Waals surface area (Å²) in [5.41, 5.74) is 13.7. The minimum atomic E-state index is -0.576. The van der Waals surface area contributed by atoms with Crippen molar-refractivity contribution in [2.45, 2.75) is 170 Å². The van der Waals surface area contributed by atoms with E-state index in [-0.39, 0.29) is 48.8 Å². The highest BCUT2D eigenvalue weighted by molar-refractivity contribution is 5.85. The number of azide groups is 1. The summed E-state index contributed by atoms with van der Waals surface area (Å²) >= 11 is 0. The molecule has 26 nitrogen and oxygen atoms in total. The fraction of sp³-hybridized carbons (Fsp3) is 0.415. The number of carbonyl (C=O) groups excluding carboxylic acids is 3. The van der Waals surface area contributed by atoms with Gasteiger partial charge in [0.15, 0.2) is 0 Å². The van der Waals surface area contributed by atoms with E-state index in [9.17, 15) is 14.4 Å². The summed E-state index contributed by atoms with van der Waals surface area (Å²) in [4.78, 5) is 58.5. The molecule has 5 aromatic heterocycles. The minimum absolute atomic E-state index is 0. The van der Waals surface area contributed by atoms with E-state index in [0.29, 0.717) is 84.7 Å². The van der Waals surface area contributed by atoms with Crippen LogP contribution in [-0.2, 0) is 59.8 Å². The number of methoxy groups -OCH3 is 2. The maximum Gasteiger partial charge on any atom is 0.410 e. The predicted octanol–water partition coefficient (Wildman–Crippen LogP) is 15.1. The van der Waals surface area contributed by atoms with E-state index in [1.165, 1.54) is 27.5 Å². The molecule has 5 aromatic carbocycles. The quantitative estimate of drug-likeness (QED) is 0.0111. The zero-order chi connectivity index (χ0) is 78.1. The SMILES string of the molecule is C#CCCN(C[C@@H](C)NCc1ccc2cnccc2c1)C(=O)OC(C)(C)C.COc1ccc(CN=[N+]=[N-])cc1.COc1ccc(Cn2cc(CCN(C[C@@H](C)NCc3ccc4cnccc4c3)C(=O)OC(C)(C)C)nn2)cc1.C[C@H](CN(CCc1cn[nH]n1)C(=O)OC(C)(C)C)NCc1ccc2cnccc2c1.Cl. The Morgan fingerprint density at radius 2 is 0.927 bits per heavy atom. The van der Waals surface area contributed by atoms with Crippen molar-refractivity contribution in [2.24, 2.45) is 5.11 Å². The van der Waals surface area contributed by atoms with Gasteiger partial charge in [-0.2, -0.15) is 15.4 Å². The van der Waals surface area contributed by atoms with Crippen molar-refractivity contribution >= 4 is 63.0 Å². The molecule has 10 aromatic rings. The first-order valence-electron chi connectivity index (χ1n) is 36.2. The highest BCUT2D eigenvalue weighted by Gasteiger charge is 2.27. The maximum atomic E-state index is 13.1. The molecule has 5 heterocycles. The van der Waals surface area contributed by atoms with Crippen LogP contribution in [0.1, 0.15) is 129 Å². The van der Waals surface area contributed by atoms with Crippen LogP contribution in [0.3, 0.4) is 0 Å². The average molecular weight is 1510 g/mol. The number of benzene rings is 5. The third-order valence-corrected chi connectivity index (χ3v) is 16.3. The number of rotatable bonds is 29. The standard InChI is InChI=1S/C30H38N6O3.C22H30N6O2.C22H29N3O2.C8H9N3O.ClH/c1-22(32-17-24-6-9-26-18-31-14-12-25(26)16-24)19-35(29(37)39-30(2,3)4)15-13-27-21-36(34-33-27)20-23-7-10-28(38-5)11-8-23;1-16(24-12-17-5-6-19-13-23-9-7-18(19)11-17)15-28(21(29)30-22(2,3)4)10-8-20-14-25-27-26-20;1-6-7-12-25(21(26)27-22(3,4)5)16-17(2)24-14-18-8-9-20-15-23-11-10-19(20)13-18;1-12-8-4-2-7(3-5-8)6-10-11-9;/h6-12,14,16,18,21-22,32H,13,15,17,19-20H2,1-5H3;5-7,9,11,13-14,16,24H,8,10,12,15H2,1-4H3,(H,25,26,27);1,8-11,13,15,17,24H,7,12,14,16H2,2-5H3;2-5H,6H2,1H3;1H/t22-;16-;17-;;/m111../s1. The Labute approximate surface area is 646 Å². The van der Waals surface area contributed by atoms with Crippen LogP contribution in [0.4, 0.5) is 14.4 Å². The van der Waals surface area contributed by atoms with Crippen LogP contribution in [0.2, 0.25) is 0 Å². The Morgan fingerprint density at radius 3 is 1.29 bits per heavy atom. The fourth-order valence-corrected chi connectivity index (χ4v) is 10.9. The fourth-order valence-electron chi connectivity index (χ4n) is 10.9. The number of ether oxygens (including phenoxy) is 5. The Kier molecular flexibility index (Phi) is 34.9. The Hall–Kier alpha value is -10.9. The molecule has 3 amide bonds. The molecule has 0 saturated carbocycles. The van der Waals surface area contributed by atoms with Gasteiger partial charge in [-0.15, -0.1) is 29.8 Å². The number of H-pyrrole nitrogens is 1. The Bertz CT molecular complexity index is 4490. The van der Waals surface area contributed by atoms with Gasteiger partial charge in [0.25, 0.3) is 0 Å². The van der Waals surface area contributed by atoms with Crippen LogP contribution in [0.25, 0.3) is 42.8 Å². The number of nitrogens with zero attached hydrogens (tertiary/aromatic N) is 14. The lowest BCUT2D eigenvalue weighted by molar-refractivity contribution is 0.0226. The van der Waals surface area contributed by atoms with E-state index in [1.807, 2.05) is 154 Å². The van der Waals surface area contributed by atoms with E-state index in [4.69, 9.17) is 35.6 Å². The maximum absolute atomic E-state index is 13.1. The Morgan fingerprint density at radius 1 is 0.541 bits per heavy atom. The summed E-state index contributed by atoms with van der Waals surface area (Å²) in [6.45, 7) is 29.2. The normalized spacial score (nSPS) is 11.9. The topological polar surface area (TPSA) is 303 Å². The lowest BCUT2D eigenvalue weighted by Crippen LogP contribution is -2.45. The first-order chi connectivity index (χ1) is 51.6. The van der Waals surface area contributed by atoms with Gasteiger partial charge in [0.1, 0.15) is 28.3 Å². The summed E-state index contributed by atoms with van der Waals surface area (Å²) in [7, 11) is 3.27. The van der Waals surface area contributed by atoms with Crippen molar-refractivity contribution in [2.75, 3.05) is 53.5 Å². The van der Waals surface area contributed by atoms with Crippen LogP contribution >= 0.6 is 12.4 Å². The molecule has 10 rings (SSSR count). The summed E-state index contributed by atoms with van der Waals surface area (Å²) in [5, 5.41) is 39.9. The van der Waals surface area contributed by atoms with E-state index in [1.54, 1.807) is 58.4 Å². The van der Waals surface area contributed by atoms with E-state index in [2.05, 4.69) is 148 Å². The number of aromatic amines is 1. The number of carbonyl (C=O) groups is 3. The molecule has 3 atom stereocenters. The number of pyridine rings is 3. The molecular formula is C82H107ClN18O8. The van der Waals surface area contributed by atoms with Gasteiger partial charge >= 0.3 is 18.3 Å². The first kappa shape index (κ1) is 87.0. The second-order valence-corrected chi connectivity index (χ2v) is 29.2. The number of hydrogen-bond acceptors (Lipinski definition) is 19.